The van der Waals surface area contributed by atoms with Crippen molar-refractivity contribution in [3.05, 3.63) is 51.3 Å². The minimum absolute atomic E-state index is 0.0395. The molecule has 0 spiro atoms. The molecule has 0 saturated carbocycles. The Bertz CT molecular complexity index is 1000. The van der Waals surface area contributed by atoms with E-state index in [4.69, 9.17) is 25.8 Å². The highest BCUT2D eigenvalue weighted by Gasteiger charge is 2.43. The quantitative estimate of drug-likeness (QED) is 0.645. The molecular formula is C25H30ClNO5. The highest BCUT2D eigenvalue weighted by Crippen LogP contribution is 2.47. The van der Waals surface area contributed by atoms with Gasteiger partial charge in [0.15, 0.2) is 5.78 Å². The van der Waals surface area contributed by atoms with Gasteiger partial charge in [-0.05, 0) is 49.3 Å². The molecule has 0 aromatic heterocycles. The summed E-state index contributed by atoms with van der Waals surface area (Å²) in [6, 6.07) is 5.40. The first-order chi connectivity index (χ1) is 15.2. The van der Waals surface area contributed by atoms with Crippen molar-refractivity contribution in [2.75, 3.05) is 20.3 Å². The molecule has 2 heterocycles. The van der Waals surface area contributed by atoms with Gasteiger partial charge < -0.3 is 19.5 Å². The standard InChI is InChI=1S/C25H30ClNO5/c1-14-21(24(29)32-13-16-6-5-9-31-16)22(15-7-8-20(30-4)17(26)10-15)23-18(27-14)11-25(2,3)12-19(23)28/h7-8,10,16,22,27H,5-6,9,11-13H2,1-4H3. The van der Waals surface area contributed by atoms with Crippen LogP contribution in [0.15, 0.2) is 40.7 Å². The van der Waals surface area contributed by atoms with Crippen molar-refractivity contribution in [1.29, 1.82) is 0 Å². The smallest absolute Gasteiger partial charge is 0.336 e. The van der Waals surface area contributed by atoms with Gasteiger partial charge in [-0.15, -0.1) is 0 Å². The zero-order chi connectivity index (χ0) is 23.0. The molecule has 32 heavy (non-hydrogen) atoms. The van der Waals surface area contributed by atoms with E-state index in [0.29, 0.717) is 40.6 Å². The van der Waals surface area contributed by atoms with Gasteiger partial charge in [-0.2, -0.15) is 0 Å². The van der Waals surface area contributed by atoms with Crippen LogP contribution in [0.1, 0.15) is 57.9 Å². The summed E-state index contributed by atoms with van der Waals surface area (Å²) in [5, 5.41) is 3.78. The Kier molecular flexibility index (Phi) is 6.37. The van der Waals surface area contributed by atoms with E-state index < -0.39 is 11.9 Å². The largest absolute Gasteiger partial charge is 0.495 e. The molecule has 6 nitrogen and oxygen atoms in total. The third-order valence-corrected chi connectivity index (χ3v) is 6.69. The molecule has 0 radical (unpaired) electrons. The minimum atomic E-state index is -0.546. The molecule has 4 rings (SSSR count). The molecule has 1 aromatic rings. The van der Waals surface area contributed by atoms with Crippen LogP contribution in [0, 0.1) is 5.41 Å². The molecule has 0 bridgehead atoms. The number of nitrogens with one attached hydrogen (secondary N) is 1. The lowest BCUT2D eigenvalue weighted by molar-refractivity contribution is -0.142. The normalized spacial score (nSPS) is 24.8. The van der Waals surface area contributed by atoms with Gasteiger partial charge in [0.25, 0.3) is 0 Å². The summed E-state index contributed by atoms with van der Waals surface area (Å²) >= 11 is 6.43. The van der Waals surface area contributed by atoms with Crippen molar-refractivity contribution < 1.29 is 23.8 Å². The van der Waals surface area contributed by atoms with E-state index in [1.165, 1.54) is 0 Å². The molecule has 2 aliphatic heterocycles. The SMILES string of the molecule is COc1ccc(C2C(C(=O)OCC3CCCO3)=C(C)NC3=C2C(=O)CC(C)(C)C3)cc1Cl. The molecule has 2 atom stereocenters. The van der Waals surface area contributed by atoms with Gasteiger partial charge in [-0.1, -0.05) is 31.5 Å². The maximum Gasteiger partial charge on any atom is 0.336 e. The van der Waals surface area contributed by atoms with E-state index >= 15 is 0 Å². The number of halogens is 1. The number of allylic oxidation sites excluding steroid dienone is 3. The lowest BCUT2D eigenvalue weighted by Crippen LogP contribution is -2.39. The molecule has 7 heteroatoms. The fourth-order valence-corrected chi connectivity index (χ4v) is 5.19. The van der Waals surface area contributed by atoms with Crippen LogP contribution in [0.25, 0.3) is 0 Å². The highest BCUT2D eigenvalue weighted by molar-refractivity contribution is 6.32. The van der Waals surface area contributed by atoms with E-state index in [1.54, 1.807) is 19.2 Å². The Morgan fingerprint density at radius 2 is 2.09 bits per heavy atom. The number of rotatable bonds is 5. The fraction of sp³-hybridized carbons (Fsp3) is 0.520. The maximum absolute atomic E-state index is 13.3. The lowest BCUT2D eigenvalue weighted by Gasteiger charge is -2.39. The first-order valence-electron chi connectivity index (χ1n) is 11.1. The number of hydrogen-bond acceptors (Lipinski definition) is 6. The van der Waals surface area contributed by atoms with Gasteiger partial charge in [0.2, 0.25) is 0 Å². The van der Waals surface area contributed by atoms with E-state index in [9.17, 15) is 9.59 Å². The van der Waals surface area contributed by atoms with Gasteiger partial charge >= 0.3 is 5.97 Å². The molecule has 1 aliphatic carbocycles. The van der Waals surface area contributed by atoms with Crippen LogP contribution < -0.4 is 10.1 Å². The topological polar surface area (TPSA) is 73.9 Å². The third kappa shape index (κ3) is 4.44. The summed E-state index contributed by atoms with van der Waals surface area (Å²) in [4.78, 5) is 26.6. The average molecular weight is 460 g/mol. The van der Waals surface area contributed by atoms with Gasteiger partial charge in [-0.3, -0.25) is 4.79 Å². The van der Waals surface area contributed by atoms with E-state index in [-0.39, 0.29) is 23.9 Å². The summed E-state index contributed by atoms with van der Waals surface area (Å²) in [7, 11) is 1.55. The van der Waals surface area contributed by atoms with Gasteiger partial charge in [-0.25, -0.2) is 4.79 Å². The number of ether oxygens (including phenoxy) is 3. The number of ketones is 1. The second-order valence-electron chi connectivity index (χ2n) is 9.56. The molecule has 3 aliphatic rings. The Labute approximate surface area is 193 Å². The van der Waals surface area contributed by atoms with E-state index in [2.05, 4.69) is 19.2 Å². The van der Waals surface area contributed by atoms with Gasteiger partial charge in [0.1, 0.15) is 12.4 Å². The Balaban J connectivity index is 1.74. The van der Waals surface area contributed by atoms with Gasteiger partial charge in [0, 0.05) is 35.9 Å². The predicted octanol–water partition coefficient (Wildman–Crippen LogP) is 4.67. The summed E-state index contributed by atoms with van der Waals surface area (Å²) in [5.41, 5.74) is 3.25. The number of carbonyl (C=O) groups excluding carboxylic acids is 2. The Hall–Kier alpha value is -2.31. The molecule has 172 valence electrons. The second kappa shape index (κ2) is 8.91. The molecule has 1 aromatic carbocycles. The van der Waals surface area contributed by atoms with Crippen molar-refractivity contribution in [2.24, 2.45) is 5.41 Å². The second-order valence-corrected chi connectivity index (χ2v) is 9.96. The van der Waals surface area contributed by atoms with Crippen LogP contribution in [-0.2, 0) is 19.1 Å². The average Bonchev–Trinajstić information content (AvgIpc) is 3.23. The summed E-state index contributed by atoms with van der Waals surface area (Å²) in [5.74, 6) is -0.405. The molecule has 2 unspecified atom stereocenters. The number of esters is 1. The van der Waals surface area contributed by atoms with Crippen molar-refractivity contribution in [1.82, 2.24) is 5.32 Å². The van der Waals surface area contributed by atoms with Crippen molar-refractivity contribution in [2.45, 2.75) is 58.5 Å². The zero-order valence-corrected chi connectivity index (χ0v) is 19.8. The molecular weight excluding hydrogens is 430 g/mol. The maximum atomic E-state index is 13.3. The van der Waals surface area contributed by atoms with Gasteiger partial charge in [0.05, 0.1) is 23.8 Å². The molecule has 1 N–H and O–H groups in total. The van der Waals surface area contributed by atoms with E-state index in [1.807, 2.05) is 13.0 Å². The minimum Gasteiger partial charge on any atom is -0.495 e. The summed E-state index contributed by atoms with van der Waals surface area (Å²) < 4.78 is 16.6. The zero-order valence-electron chi connectivity index (χ0n) is 19.0. The van der Waals surface area contributed by atoms with Crippen LogP contribution in [-0.4, -0.2) is 38.2 Å². The van der Waals surface area contributed by atoms with Crippen LogP contribution in [0.5, 0.6) is 5.75 Å². The number of benzene rings is 1. The van der Waals surface area contributed by atoms with Crippen LogP contribution in [0.2, 0.25) is 5.02 Å². The number of carbonyl (C=O) groups is 2. The van der Waals surface area contributed by atoms with Crippen molar-refractivity contribution in [3.63, 3.8) is 0 Å². The van der Waals surface area contributed by atoms with Crippen molar-refractivity contribution >= 4 is 23.4 Å². The van der Waals surface area contributed by atoms with E-state index in [0.717, 1.165) is 30.5 Å². The van der Waals surface area contributed by atoms with Crippen LogP contribution in [0.3, 0.4) is 0 Å². The van der Waals surface area contributed by atoms with Crippen LogP contribution >= 0.6 is 11.6 Å². The Morgan fingerprint density at radius 1 is 1.31 bits per heavy atom. The lowest BCUT2D eigenvalue weighted by atomic mass is 9.68. The fourth-order valence-electron chi connectivity index (χ4n) is 4.92. The number of dihydropyridines is 1. The first-order valence-corrected chi connectivity index (χ1v) is 11.4. The summed E-state index contributed by atoms with van der Waals surface area (Å²) in [6.07, 6.45) is 2.93. The van der Waals surface area contributed by atoms with Crippen LogP contribution in [0.4, 0.5) is 0 Å². The summed E-state index contributed by atoms with van der Waals surface area (Å²) in [6.45, 7) is 6.92. The van der Waals surface area contributed by atoms with Crippen molar-refractivity contribution in [3.8, 4) is 5.75 Å². The highest BCUT2D eigenvalue weighted by atomic mass is 35.5. The predicted molar refractivity (Wildman–Crippen MR) is 122 cm³/mol. The molecule has 1 fully saturated rings. The number of hydrogen-bond donors (Lipinski definition) is 1. The number of methoxy groups -OCH3 is 1. The number of Topliss-reactive ketones (excluding diaryl/α,β-unsaturated/α-hetero) is 1. The third-order valence-electron chi connectivity index (χ3n) is 6.39. The molecule has 1 saturated heterocycles. The first kappa shape index (κ1) is 22.9. The Morgan fingerprint density at radius 3 is 2.75 bits per heavy atom. The monoisotopic (exact) mass is 459 g/mol. The molecule has 0 amide bonds.